The van der Waals surface area contributed by atoms with Crippen LogP contribution in [0.3, 0.4) is 0 Å². The van der Waals surface area contributed by atoms with E-state index in [1.54, 1.807) is 23.1 Å². The van der Waals surface area contributed by atoms with Crippen LogP contribution in [0.2, 0.25) is 10.0 Å². The predicted molar refractivity (Wildman–Crippen MR) is 92.6 cm³/mol. The molecule has 0 saturated carbocycles. The van der Waals surface area contributed by atoms with Crippen molar-refractivity contribution in [2.24, 2.45) is 0 Å². The first-order valence-electron chi connectivity index (χ1n) is 7.04. The third-order valence-electron chi connectivity index (χ3n) is 3.25. The molecule has 2 rings (SSSR count). The standard InChI is InChI=1S/C17H18Cl2N2O/c1-12(2)21(11-13-6-4-3-5-7-13)17(22)20-14-8-9-15(18)16(19)10-14/h3-10,12H,11H2,1-2H3,(H,20,22). The van der Waals surface area contributed by atoms with E-state index in [0.29, 0.717) is 22.3 Å². The lowest BCUT2D eigenvalue weighted by Crippen LogP contribution is -2.39. The predicted octanol–water partition coefficient (Wildman–Crippen LogP) is 5.44. The summed E-state index contributed by atoms with van der Waals surface area (Å²) in [6.45, 7) is 4.51. The Hall–Kier alpha value is -1.71. The first-order valence-corrected chi connectivity index (χ1v) is 7.79. The Bertz CT molecular complexity index is 644. The minimum absolute atomic E-state index is 0.0722. The van der Waals surface area contributed by atoms with E-state index >= 15 is 0 Å². The number of amides is 2. The summed E-state index contributed by atoms with van der Waals surface area (Å²) in [6.07, 6.45) is 0. The molecular formula is C17H18Cl2N2O. The first-order chi connectivity index (χ1) is 10.5. The fourth-order valence-corrected chi connectivity index (χ4v) is 2.34. The van der Waals surface area contributed by atoms with Gasteiger partial charge < -0.3 is 10.2 Å². The molecule has 1 N–H and O–H groups in total. The van der Waals surface area contributed by atoms with E-state index in [1.807, 2.05) is 44.2 Å². The van der Waals surface area contributed by atoms with Crippen LogP contribution in [-0.4, -0.2) is 17.0 Å². The molecule has 0 aliphatic rings. The molecule has 2 aromatic carbocycles. The molecule has 0 heterocycles. The van der Waals surface area contributed by atoms with Gasteiger partial charge in [0.2, 0.25) is 0 Å². The highest BCUT2D eigenvalue weighted by atomic mass is 35.5. The molecule has 0 saturated heterocycles. The summed E-state index contributed by atoms with van der Waals surface area (Å²) < 4.78 is 0. The molecule has 0 aromatic heterocycles. The van der Waals surface area contributed by atoms with E-state index in [0.717, 1.165) is 5.56 Å². The molecule has 3 nitrogen and oxygen atoms in total. The summed E-state index contributed by atoms with van der Waals surface area (Å²) in [5, 5.41) is 3.73. The van der Waals surface area contributed by atoms with Gasteiger partial charge in [0, 0.05) is 18.3 Å². The lowest BCUT2D eigenvalue weighted by Gasteiger charge is -2.27. The molecule has 0 aliphatic carbocycles. The zero-order valence-electron chi connectivity index (χ0n) is 12.5. The van der Waals surface area contributed by atoms with Gasteiger partial charge in [0.15, 0.2) is 0 Å². The maximum absolute atomic E-state index is 12.5. The summed E-state index contributed by atoms with van der Waals surface area (Å²) in [7, 11) is 0. The number of benzene rings is 2. The maximum atomic E-state index is 12.5. The number of nitrogens with zero attached hydrogens (tertiary/aromatic N) is 1. The Labute approximate surface area is 140 Å². The minimum atomic E-state index is -0.169. The van der Waals surface area contributed by atoms with Crippen LogP contribution >= 0.6 is 23.2 Å². The fraction of sp³-hybridized carbons (Fsp3) is 0.235. The normalized spacial score (nSPS) is 10.6. The SMILES string of the molecule is CC(C)N(Cc1ccccc1)C(=O)Nc1ccc(Cl)c(Cl)c1. The smallest absolute Gasteiger partial charge is 0.318 e. The van der Waals surface area contributed by atoms with E-state index in [-0.39, 0.29) is 12.1 Å². The van der Waals surface area contributed by atoms with Crippen LogP contribution in [0.25, 0.3) is 0 Å². The van der Waals surface area contributed by atoms with E-state index in [1.165, 1.54) is 0 Å². The van der Waals surface area contributed by atoms with E-state index in [9.17, 15) is 4.79 Å². The average Bonchev–Trinajstić information content (AvgIpc) is 2.49. The van der Waals surface area contributed by atoms with Crippen molar-refractivity contribution in [2.75, 3.05) is 5.32 Å². The molecule has 2 amide bonds. The van der Waals surface area contributed by atoms with Crippen LogP contribution in [0.4, 0.5) is 10.5 Å². The molecule has 0 bridgehead atoms. The van der Waals surface area contributed by atoms with Crippen molar-refractivity contribution in [3.8, 4) is 0 Å². The fourth-order valence-electron chi connectivity index (χ4n) is 2.04. The van der Waals surface area contributed by atoms with Gasteiger partial charge in [0.1, 0.15) is 0 Å². The van der Waals surface area contributed by atoms with E-state index in [2.05, 4.69) is 5.32 Å². The topological polar surface area (TPSA) is 32.3 Å². The number of carbonyl (C=O) groups is 1. The molecule has 22 heavy (non-hydrogen) atoms. The Morgan fingerprint density at radius 1 is 1.09 bits per heavy atom. The highest BCUT2D eigenvalue weighted by Crippen LogP contribution is 2.25. The van der Waals surface area contributed by atoms with Gasteiger partial charge in [-0.3, -0.25) is 0 Å². The second kappa shape index (κ2) is 7.52. The maximum Gasteiger partial charge on any atom is 0.322 e. The monoisotopic (exact) mass is 336 g/mol. The van der Waals surface area contributed by atoms with E-state index < -0.39 is 0 Å². The molecule has 0 radical (unpaired) electrons. The number of hydrogen-bond acceptors (Lipinski definition) is 1. The summed E-state index contributed by atoms with van der Waals surface area (Å²) in [5.41, 5.74) is 1.71. The van der Waals surface area contributed by atoms with Crippen LogP contribution < -0.4 is 5.32 Å². The average molecular weight is 337 g/mol. The van der Waals surface area contributed by atoms with Gasteiger partial charge in [0.25, 0.3) is 0 Å². The van der Waals surface area contributed by atoms with Crippen LogP contribution in [0, 0.1) is 0 Å². The number of hydrogen-bond donors (Lipinski definition) is 1. The summed E-state index contributed by atoms with van der Waals surface area (Å²) in [4.78, 5) is 14.3. The number of nitrogens with one attached hydrogen (secondary N) is 1. The molecule has 0 aliphatic heterocycles. The molecular weight excluding hydrogens is 319 g/mol. The minimum Gasteiger partial charge on any atom is -0.318 e. The van der Waals surface area contributed by atoms with Gasteiger partial charge in [-0.15, -0.1) is 0 Å². The zero-order chi connectivity index (χ0) is 16.1. The Kier molecular flexibility index (Phi) is 5.69. The number of urea groups is 1. The van der Waals surface area contributed by atoms with Crippen molar-refractivity contribution < 1.29 is 4.79 Å². The van der Waals surface area contributed by atoms with Gasteiger partial charge >= 0.3 is 6.03 Å². The van der Waals surface area contributed by atoms with Crippen molar-refractivity contribution in [2.45, 2.75) is 26.4 Å². The Morgan fingerprint density at radius 2 is 1.77 bits per heavy atom. The number of rotatable bonds is 4. The Balaban J connectivity index is 2.11. The summed E-state index contributed by atoms with van der Waals surface area (Å²) >= 11 is 11.9. The van der Waals surface area contributed by atoms with Crippen LogP contribution in [0.1, 0.15) is 19.4 Å². The lowest BCUT2D eigenvalue weighted by molar-refractivity contribution is 0.193. The molecule has 0 fully saturated rings. The summed E-state index contributed by atoms with van der Waals surface area (Å²) in [6, 6.07) is 14.8. The van der Waals surface area contributed by atoms with Gasteiger partial charge in [-0.2, -0.15) is 0 Å². The van der Waals surface area contributed by atoms with Gasteiger partial charge in [-0.25, -0.2) is 4.79 Å². The van der Waals surface area contributed by atoms with Crippen LogP contribution in [-0.2, 0) is 6.54 Å². The van der Waals surface area contributed by atoms with Crippen molar-refractivity contribution in [1.29, 1.82) is 0 Å². The van der Waals surface area contributed by atoms with Crippen molar-refractivity contribution >= 4 is 34.9 Å². The van der Waals surface area contributed by atoms with Crippen molar-refractivity contribution in [3.05, 3.63) is 64.1 Å². The van der Waals surface area contributed by atoms with Crippen molar-refractivity contribution in [3.63, 3.8) is 0 Å². The third kappa shape index (κ3) is 4.39. The van der Waals surface area contributed by atoms with Gasteiger partial charge in [0.05, 0.1) is 10.0 Å². The second-order valence-electron chi connectivity index (χ2n) is 5.27. The van der Waals surface area contributed by atoms with Crippen LogP contribution in [0.15, 0.2) is 48.5 Å². The van der Waals surface area contributed by atoms with Crippen LogP contribution in [0.5, 0.6) is 0 Å². The first kappa shape index (κ1) is 16.7. The van der Waals surface area contributed by atoms with Gasteiger partial charge in [-0.1, -0.05) is 53.5 Å². The molecule has 2 aromatic rings. The zero-order valence-corrected chi connectivity index (χ0v) is 14.0. The van der Waals surface area contributed by atoms with Gasteiger partial charge in [-0.05, 0) is 37.6 Å². The molecule has 0 atom stereocenters. The Morgan fingerprint density at radius 3 is 2.36 bits per heavy atom. The summed E-state index contributed by atoms with van der Waals surface area (Å²) in [5.74, 6) is 0. The molecule has 116 valence electrons. The second-order valence-corrected chi connectivity index (χ2v) is 6.08. The molecule has 0 spiro atoms. The highest BCUT2D eigenvalue weighted by molar-refractivity contribution is 6.42. The van der Waals surface area contributed by atoms with E-state index in [4.69, 9.17) is 23.2 Å². The molecule has 5 heteroatoms. The third-order valence-corrected chi connectivity index (χ3v) is 3.99. The quantitative estimate of drug-likeness (QED) is 0.792. The molecule has 0 unspecified atom stereocenters. The number of halogens is 2. The highest BCUT2D eigenvalue weighted by Gasteiger charge is 2.17. The van der Waals surface area contributed by atoms with Crippen molar-refractivity contribution in [1.82, 2.24) is 4.90 Å². The number of carbonyl (C=O) groups excluding carboxylic acids is 1. The largest absolute Gasteiger partial charge is 0.322 e. The lowest BCUT2D eigenvalue weighted by atomic mass is 10.2. The number of anilines is 1.